The van der Waals surface area contributed by atoms with Crippen molar-refractivity contribution in [3.05, 3.63) is 30.3 Å². The van der Waals surface area contributed by atoms with Crippen LogP contribution in [0.3, 0.4) is 0 Å². The van der Waals surface area contributed by atoms with Crippen LogP contribution in [0.4, 0.5) is 0 Å². The molecular formula is C8H10OSi. The van der Waals surface area contributed by atoms with Crippen LogP contribution in [0.1, 0.15) is 0 Å². The topological polar surface area (TPSA) is 9.23 Å². The normalized spacial score (nSPS) is 9.70. The van der Waals surface area contributed by atoms with E-state index in [1.165, 1.54) is 5.19 Å². The Kier molecular flexibility index (Phi) is 3.19. The van der Waals surface area contributed by atoms with E-state index in [0.717, 1.165) is 15.7 Å². The van der Waals surface area contributed by atoms with Crippen LogP contribution in [0.2, 0.25) is 0 Å². The zero-order chi connectivity index (χ0) is 7.23. The van der Waals surface area contributed by atoms with Crippen molar-refractivity contribution >= 4 is 14.7 Å². The fraction of sp³-hybridized carbons (Fsp3) is 0.250. The maximum atomic E-state index is 4.96. The molecule has 0 aliphatic heterocycles. The van der Waals surface area contributed by atoms with E-state index in [2.05, 4.69) is 24.3 Å². The van der Waals surface area contributed by atoms with Gasteiger partial charge in [-0.05, 0) is 0 Å². The Morgan fingerprint density at radius 1 is 1.30 bits per heavy atom. The van der Waals surface area contributed by atoms with E-state index in [0.29, 0.717) is 0 Å². The summed E-state index contributed by atoms with van der Waals surface area (Å²) >= 11 is 0. The van der Waals surface area contributed by atoms with Gasteiger partial charge in [0, 0.05) is 13.3 Å². The summed E-state index contributed by atoms with van der Waals surface area (Å²) < 4.78 is 4.96. The second kappa shape index (κ2) is 4.25. The molecule has 0 saturated carbocycles. The number of hydrogen-bond donors (Lipinski definition) is 0. The van der Waals surface area contributed by atoms with Crippen molar-refractivity contribution in [2.24, 2.45) is 0 Å². The third-order valence-electron chi connectivity index (χ3n) is 1.19. The van der Waals surface area contributed by atoms with Gasteiger partial charge in [-0.15, -0.1) is 0 Å². The minimum Gasteiger partial charge on any atom is -0.388 e. The Balaban J connectivity index is 2.43. The smallest absolute Gasteiger partial charge is 0.114 e. The van der Waals surface area contributed by atoms with Gasteiger partial charge in [-0.25, -0.2) is 0 Å². The van der Waals surface area contributed by atoms with Crippen molar-refractivity contribution in [1.82, 2.24) is 0 Å². The zero-order valence-electron chi connectivity index (χ0n) is 6.00. The van der Waals surface area contributed by atoms with Crippen molar-refractivity contribution in [2.75, 3.05) is 13.3 Å². The molecule has 10 heavy (non-hydrogen) atoms. The van der Waals surface area contributed by atoms with Gasteiger partial charge in [0.15, 0.2) is 0 Å². The Morgan fingerprint density at radius 3 is 2.60 bits per heavy atom. The highest BCUT2D eigenvalue weighted by atomic mass is 28.2. The van der Waals surface area contributed by atoms with Crippen LogP contribution in [0.15, 0.2) is 30.3 Å². The van der Waals surface area contributed by atoms with Crippen LogP contribution in [-0.2, 0) is 4.74 Å². The monoisotopic (exact) mass is 150 g/mol. The molecule has 0 saturated heterocycles. The predicted octanol–water partition coefficient (Wildman–Crippen LogP) is 0.620. The minimum atomic E-state index is 0.782. The molecule has 52 valence electrons. The first-order valence-corrected chi connectivity index (χ1v) is 4.42. The van der Waals surface area contributed by atoms with Crippen molar-refractivity contribution in [2.45, 2.75) is 0 Å². The largest absolute Gasteiger partial charge is 0.388 e. The molecule has 0 amide bonds. The molecule has 0 aromatic heterocycles. The molecule has 0 aliphatic carbocycles. The SMILES string of the molecule is COC[Si]c1ccccc1. The van der Waals surface area contributed by atoms with Gasteiger partial charge in [0.1, 0.15) is 9.52 Å². The molecule has 0 fully saturated rings. The van der Waals surface area contributed by atoms with Crippen molar-refractivity contribution in [3.63, 3.8) is 0 Å². The van der Waals surface area contributed by atoms with Gasteiger partial charge in [0.05, 0.1) is 0 Å². The molecule has 1 aromatic carbocycles. The molecule has 1 rings (SSSR count). The average molecular weight is 150 g/mol. The molecule has 0 heterocycles. The Morgan fingerprint density at radius 2 is 2.00 bits per heavy atom. The van der Waals surface area contributed by atoms with Crippen LogP contribution in [0.25, 0.3) is 0 Å². The molecule has 0 spiro atoms. The Hall–Kier alpha value is -0.603. The standard InChI is InChI=1S/C8H10OSi/c1-9-7-10-8-5-3-2-4-6-8/h2-6H,7H2,1H3. The molecule has 1 aromatic rings. The first kappa shape index (κ1) is 7.50. The highest BCUT2D eigenvalue weighted by Crippen LogP contribution is 1.80. The average Bonchev–Trinajstić information content (AvgIpc) is 2.03. The maximum absolute atomic E-state index is 4.96. The van der Waals surface area contributed by atoms with E-state index in [1.807, 2.05) is 6.07 Å². The summed E-state index contributed by atoms with van der Waals surface area (Å²) in [5.74, 6) is 0. The second-order valence-electron chi connectivity index (χ2n) is 1.98. The van der Waals surface area contributed by atoms with Gasteiger partial charge in [-0.3, -0.25) is 0 Å². The van der Waals surface area contributed by atoms with Gasteiger partial charge >= 0.3 is 0 Å². The minimum absolute atomic E-state index is 0.782. The third-order valence-corrected chi connectivity index (χ3v) is 2.37. The highest BCUT2D eigenvalue weighted by Gasteiger charge is 1.89. The number of methoxy groups -OCH3 is 1. The first-order chi connectivity index (χ1) is 4.93. The summed E-state index contributed by atoms with van der Waals surface area (Å²) in [7, 11) is 2.51. The lowest BCUT2D eigenvalue weighted by Gasteiger charge is -1.95. The second-order valence-corrected chi connectivity index (χ2v) is 3.20. The number of hydrogen-bond acceptors (Lipinski definition) is 1. The summed E-state index contributed by atoms with van der Waals surface area (Å²) in [6, 6.07) is 10.4. The lowest BCUT2D eigenvalue weighted by Crippen LogP contribution is -2.17. The zero-order valence-corrected chi connectivity index (χ0v) is 7.00. The Bertz CT molecular complexity index is 174. The molecule has 0 unspecified atom stereocenters. The molecule has 2 radical (unpaired) electrons. The summed E-state index contributed by atoms with van der Waals surface area (Å²) in [5, 5.41) is 1.37. The van der Waals surface area contributed by atoms with Crippen molar-refractivity contribution in [3.8, 4) is 0 Å². The van der Waals surface area contributed by atoms with Crippen LogP contribution in [0.5, 0.6) is 0 Å². The number of rotatable bonds is 3. The van der Waals surface area contributed by atoms with Gasteiger partial charge < -0.3 is 4.74 Å². The lowest BCUT2D eigenvalue weighted by atomic mass is 10.4. The van der Waals surface area contributed by atoms with E-state index in [1.54, 1.807) is 7.11 Å². The number of benzene rings is 1. The molecular weight excluding hydrogens is 140 g/mol. The summed E-state index contributed by atoms with van der Waals surface area (Å²) in [6.07, 6.45) is 0.837. The van der Waals surface area contributed by atoms with E-state index in [4.69, 9.17) is 4.74 Å². The van der Waals surface area contributed by atoms with Gasteiger partial charge in [0.2, 0.25) is 0 Å². The maximum Gasteiger partial charge on any atom is 0.114 e. The summed E-state index contributed by atoms with van der Waals surface area (Å²) in [6.45, 7) is 0. The fourth-order valence-electron chi connectivity index (χ4n) is 0.712. The van der Waals surface area contributed by atoms with E-state index >= 15 is 0 Å². The number of ether oxygens (including phenoxy) is 1. The third kappa shape index (κ3) is 2.33. The summed E-state index contributed by atoms with van der Waals surface area (Å²) in [4.78, 5) is 0. The van der Waals surface area contributed by atoms with Crippen molar-refractivity contribution < 1.29 is 4.74 Å². The summed E-state index contributed by atoms with van der Waals surface area (Å²) in [5.41, 5.74) is 0. The van der Waals surface area contributed by atoms with E-state index in [-0.39, 0.29) is 0 Å². The molecule has 2 heteroatoms. The van der Waals surface area contributed by atoms with E-state index < -0.39 is 0 Å². The van der Waals surface area contributed by atoms with Crippen LogP contribution < -0.4 is 5.19 Å². The fourth-order valence-corrected chi connectivity index (χ4v) is 1.45. The van der Waals surface area contributed by atoms with Gasteiger partial charge in [0.25, 0.3) is 0 Å². The van der Waals surface area contributed by atoms with E-state index in [9.17, 15) is 0 Å². The molecule has 0 N–H and O–H groups in total. The molecule has 0 bridgehead atoms. The van der Waals surface area contributed by atoms with Gasteiger partial charge in [-0.2, -0.15) is 0 Å². The molecule has 1 nitrogen and oxygen atoms in total. The van der Waals surface area contributed by atoms with Crippen molar-refractivity contribution in [1.29, 1.82) is 0 Å². The molecule has 0 atom stereocenters. The predicted molar refractivity (Wildman–Crippen MR) is 43.7 cm³/mol. The van der Waals surface area contributed by atoms with Gasteiger partial charge in [-0.1, -0.05) is 35.5 Å². The van der Waals surface area contributed by atoms with Crippen LogP contribution in [0, 0.1) is 0 Å². The Labute approximate surface area is 63.8 Å². The first-order valence-electron chi connectivity index (χ1n) is 3.21. The lowest BCUT2D eigenvalue weighted by molar-refractivity contribution is 0.252. The van der Waals surface area contributed by atoms with Crippen LogP contribution in [-0.4, -0.2) is 22.9 Å². The van der Waals surface area contributed by atoms with Crippen LogP contribution >= 0.6 is 0 Å². The highest BCUT2D eigenvalue weighted by molar-refractivity contribution is 6.53. The molecule has 0 aliphatic rings. The quantitative estimate of drug-likeness (QED) is 0.574.